The Morgan fingerprint density at radius 3 is 2.38 bits per heavy atom. The number of nitrogens with zero attached hydrogens (tertiary/aromatic N) is 1. The van der Waals surface area contributed by atoms with Gasteiger partial charge in [-0.05, 0) is 6.07 Å². The van der Waals surface area contributed by atoms with E-state index in [-0.39, 0.29) is 18.8 Å². The zero-order chi connectivity index (χ0) is 12.0. The second-order valence-corrected chi connectivity index (χ2v) is 3.33. The molecule has 1 aromatic heterocycles. The maximum atomic E-state index is 10.6. The highest BCUT2D eigenvalue weighted by atomic mass is 16.4. The molecule has 0 amide bonds. The summed E-state index contributed by atoms with van der Waals surface area (Å²) >= 11 is 0. The van der Waals surface area contributed by atoms with Crippen LogP contribution in [0.1, 0.15) is 16.1 Å². The lowest BCUT2D eigenvalue weighted by molar-refractivity contribution is 0.0696. The fourth-order valence-corrected chi connectivity index (χ4v) is 1.35. The summed E-state index contributed by atoms with van der Waals surface area (Å²) in [4.78, 5) is 12.4. The Labute approximate surface area is 92.7 Å². The van der Waals surface area contributed by atoms with E-state index in [2.05, 4.69) is 0 Å². The van der Waals surface area contributed by atoms with E-state index >= 15 is 0 Å². The molecule has 0 aromatic carbocycles. The van der Waals surface area contributed by atoms with Crippen LogP contribution in [0.25, 0.3) is 0 Å². The van der Waals surface area contributed by atoms with Gasteiger partial charge in [0.2, 0.25) is 0 Å². The predicted molar refractivity (Wildman–Crippen MR) is 55.1 cm³/mol. The first-order valence-electron chi connectivity index (χ1n) is 4.92. The van der Waals surface area contributed by atoms with Gasteiger partial charge in [0, 0.05) is 13.1 Å². The molecule has 0 aliphatic heterocycles. The fraction of sp³-hybridized carbons (Fsp3) is 0.500. The number of hydrogen-bond acceptors (Lipinski definition) is 5. The van der Waals surface area contributed by atoms with Gasteiger partial charge < -0.3 is 19.7 Å². The summed E-state index contributed by atoms with van der Waals surface area (Å²) in [6.07, 6.45) is 1.17. The number of aliphatic hydroxyl groups is 2. The Bertz CT molecular complexity index is 330. The highest BCUT2D eigenvalue weighted by Gasteiger charge is 2.11. The first-order chi connectivity index (χ1) is 7.67. The number of carbonyl (C=O) groups is 1. The first kappa shape index (κ1) is 12.7. The number of hydrogen-bond donors (Lipinski definition) is 3. The van der Waals surface area contributed by atoms with Crippen LogP contribution in [0, 0.1) is 0 Å². The largest absolute Gasteiger partial charge is 0.478 e. The van der Waals surface area contributed by atoms with E-state index in [9.17, 15) is 4.79 Å². The van der Waals surface area contributed by atoms with Gasteiger partial charge in [0.05, 0.1) is 25.3 Å². The van der Waals surface area contributed by atoms with E-state index in [0.717, 1.165) is 0 Å². The molecule has 0 bridgehead atoms. The summed E-state index contributed by atoms with van der Waals surface area (Å²) in [6, 6.07) is 1.43. The minimum absolute atomic E-state index is 0.0213. The van der Waals surface area contributed by atoms with Crippen molar-refractivity contribution in [3.05, 3.63) is 23.7 Å². The van der Waals surface area contributed by atoms with E-state index in [1.807, 2.05) is 0 Å². The van der Waals surface area contributed by atoms with Crippen molar-refractivity contribution in [1.82, 2.24) is 4.90 Å². The molecule has 6 heteroatoms. The van der Waals surface area contributed by atoms with Gasteiger partial charge in [0.1, 0.15) is 12.0 Å². The lowest BCUT2D eigenvalue weighted by Gasteiger charge is -2.18. The number of rotatable bonds is 7. The highest BCUT2D eigenvalue weighted by Crippen LogP contribution is 2.10. The second kappa shape index (κ2) is 6.26. The molecule has 0 atom stereocenters. The van der Waals surface area contributed by atoms with Crippen molar-refractivity contribution in [2.45, 2.75) is 6.54 Å². The number of aromatic carboxylic acids is 1. The van der Waals surface area contributed by atoms with Crippen molar-refractivity contribution in [2.24, 2.45) is 0 Å². The molecule has 0 radical (unpaired) electrons. The molecule has 1 aromatic rings. The van der Waals surface area contributed by atoms with Crippen molar-refractivity contribution < 1.29 is 24.5 Å². The monoisotopic (exact) mass is 229 g/mol. The zero-order valence-electron chi connectivity index (χ0n) is 8.80. The van der Waals surface area contributed by atoms with E-state index in [4.69, 9.17) is 19.7 Å². The van der Waals surface area contributed by atoms with Crippen LogP contribution in [-0.4, -0.2) is 52.5 Å². The van der Waals surface area contributed by atoms with Crippen molar-refractivity contribution in [3.63, 3.8) is 0 Å². The Hall–Kier alpha value is -1.37. The molecule has 16 heavy (non-hydrogen) atoms. The van der Waals surface area contributed by atoms with Crippen molar-refractivity contribution in [2.75, 3.05) is 26.3 Å². The molecular weight excluding hydrogens is 214 g/mol. The SMILES string of the molecule is O=C(O)c1coc(CN(CCO)CCO)c1. The van der Waals surface area contributed by atoms with Gasteiger partial charge in [-0.3, -0.25) is 4.90 Å². The summed E-state index contributed by atoms with van der Waals surface area (Å²) in [6.45, 7) is 1.14. The van der Waals surface area contributed by atoms with Crippen LogP contribution >= 0.6 is 0 Å². The third kappa shape index (κ3) is 3.65. The van der Waals surface area contributed by atoms with Crippen LogP contribution < -0.4 is 0 Å². The molecule has 0 fully saturated rings. The molecule has 0 unspecified atom stereocenters. The van der Waals surface area contributed by atoms with Crippen molar-refractivity contribution in [3.8, 4) is 0 Å². The molecule has 1 rings (SSSR count). The molecule has 0 spiro atoms. The van der Waals surface area contributed by atoms with Gasteiger partial charge in [-0.2, -0.15) is 0 Å². The number of carboxylic acid groups (broad SMARTS) is 1. The van der Waals surface area contributed by atoms with Crippen molar-refractivity contribution in [1.29, 1.82) is 0 Å². The van der Waals surface area contributed by atoms with E-state index in [0.29, 0.717) is 25.4 Å². The zero-order valence-corrected chi connectivity index (χ0v) is 8.80. The summed E-state index contributed by atoms with van der Waals surface area (Å²) in [5, 5.41) is 26.3. The predicted octanol–water partition coefficient (Wildman–Crippen LogP) is -0.236. The van der Waals surface area contributed by atoms with Gasteiger partial charge in [0.25, 0.3) is 0 Å². The van der Waals surface area contributed by atoms with Gasteiger partial charge >= 0.3 is 5.97 Å². The summed E-state index contributed by atoms with van der Waals surface area (Å²) in [5.74, 6) is -0.537. The smallest absolute Gasteiger partial charge is 0.338 e. The number of carboxylic acids is 1. The molecule has 0 saturated carbocycles. The molecule has 0 aliphatic carbocycles. The maximum absolute atomic E-state index is 10.6. The third-order valence-corrected chi connectivity index (χ3v) is 2.11. The molecule has 90 valence electrons. The molecular formula is C10H15NO5. The molecule has 0 aliphatic rings. The Morgan fingerprint density at radius 1 is 1.31 bits per heavy atom. The van der Waals surface area contributed by atoms with E-state index in [1.54, 1.807) is 4.90 Å². The molecule has 1 heterocycles. The molecule has 3 N–H and O–H groups in total. The van der Waals surface area contributed by atoms with Gasteiger partial charge in [-0.1, -0.05) is 0 Å². The standard InChI is InChI=1S/C10H15NO5/c12-3-1-11(2-4-13)6-9-5-8(7-16-9)10(14)15/h5,7,12-13H,1-4,6H2,(H,14,15). The first-order valence-corrected chi connectivity index (χ1v) is 4.92. The minimum Gasteiger partial charge on any atom is -0.478 e. The third-order valence-electron chi connectivity index (χ3n) is 2.11. The van der Waals surface area contributed by atoms with E-state index < -0.39 is 5.97 Å². The lowest BCUT2D eigenvalue weighted by Crippen LogP contribution is -2.29. The van der Waals surface area contributed by atoms with Crippen LogP contribution in [0.2, 0.25) is 0 Å². The van der Waals surface area contributed by atoms with Crippen LogP contribution in [0.3, 0.4) is 0 Å². The fourth-order valence-electron chi connectivity index (χ4n) is 1.35. The maximum Gasteiger partial charge on any atom is 0.338 e. The van der Waals surface area contributed by atoms with Gasteiger partial charge in [-0.25, -0.2) is 4.79 Å². The van der Waals surface area contributed by atoms with Gasteiger partial charge in [0.15, 0.2) is 0 Å². The number of aliphatic hydroxyl groups excluding tert-OH is 2. The lowest BCUT2D eigenvalue weighted by atomic mass is 10.3. The van der Waals surface area contributed by atoms with Crippen LogP contribution in [-0.2, 0) is 6.54 Å². The Kier molecular flexibility index (Phi) is 4.97. The van der Waals surface area contributed by atoms with Crippen LogP contribution in [0.5, 0.6) is 0 Å². The van der Waals surface area contributed by atoms with Crippen LogP contribution in [0.15, 0.2) is 16.7 Å². The Morgan fingerprint density at radius 2 is 1.94 bits per heavy atom. The van der Waals surface area contributed by atoms with Gasteiger partial charge in [-0.15, -0.1) is 0 Å². The topological polar surface area (TPSA) is 94.1 Å². The van der Waals surface area contributed by atoms with Crippen LogP contribution in [0.4, 0.5) is 0 Å². The number of furan rings is 1. The Balaban J connectivity index is 2.58. The normalized spacial score (nSPS) is 10.9. The minimum atomic E-state index is -1.04. The quantitative estimate of drug-likeness (QED) is 0.597. The summed E-state index contributed by atoms with van der Waals surface area (Å²) in [7, 11) is 0. The average molecular weight is 229 g/mol. The second-order valence-electron chi connectivity index (χ2n) is 3.33. The summed E-state index contributed by atoms with van der Waals surface area (Å²) in [5.41, 5.74) is 0.1000. The summed E-state index contributed by atoms with van der Waals surface area (Å²) < 4.78 is 5.06. The molecule has 6 nitrogen and oxygen atoms in total. The van der Waals surface area contributed by atoms with Crippen molar-refractivity contribution >= 4 is 5.97 Å². The average Bonchev–Trinajstić information content (AvgIpc) is 2.67. The molecule has 0 saturated heterocycles. The van der Waals surface area contributed by atoms with E-state index in [1.165, 1.54) is 12.3 Å². The highest BCUT2D eigenvalue weighted by molar-refractivity contribution is 5.87.